The van der Waals surface area contributed by atoms with Crippen LogP contribution in [0.3, 0.4) is 0 Å². The zero-order valence-corrected chi connectivity index (χ0v) is 11.9. The molecule has 2 heterocycles. The molecule has 0 atom stereocenters. The molecule has 0 bridgehead atoms. The third kappa shape index (κ3) is 2.97. The second-order valence-electron chi connectivity index (χ2n) is 4.03. The molecule has 0 aromatic carbocycles. The van der Waals surface area contributed by atoms with E-state index in [0.29, 0.717) is 18.9 Å². The summed E-state index contributed by atoms with van der Waals surface area (Å²) in [5, 5.41) is 0. The topological polar surface area (TPSA) is 62.3 Å². The van der Waals surface area contributed by atoms with Gasteiger partial charge in [-0.3, -0.25) is 4.72 Å². The smallest absolute Gasteiger partial charge is 0.254 e. The Balaban J connectivity index is 2.19. The van der Waals surface area contributed by atoms with E-state index in [9.17, 15) is 8.42 Å². The van der Waals surface area contributed by atoms with Crippen LogP contribution in [-0.4, -0.2) is 30.8 Å². The van der Waals surface area contributed by atoms with E-state index in [1.165, 1.54) is 4.31 Å². The van der Waals surface area contributed by atoms with Crippen molar-refractivity contribution >= 4 is 32.0 Å². The molecule has 94 valence electrons. The molecule has 2 rings (SSSR count). The summed E-state index contributed by atoms with van der Waals surface area (Å²) < 4.78 is 28.8. The van der Waals surface area contributed by atoms with Crippen molar-refractivity contribution in [3.05, 3.63) is 22.3 Å². The Kier molecular flexibility index (Phi) is 3.70. The summed E-state index contributed by atoms with van der Waals surface area (Å²) in [7, 11) is -3.44. The molecule has 0 unspecified atom stereocenters. The van der Waals surface area contributed by atoms with Crippen LogP contribution in [0.4, 0.5) is 5.82 Å². The van der Waals surface area contributed by atoms with Crippen LogP contribution in [0.5, 0.6) is 0 Å². The van der Waals surface area contributed by atoms with Crippen LogP contribution < -0.4 is 4.72 Å². The molecule has 1 saturated heterocycles. The number of anilines is 1. The maximum Gasteiger partial charge on any atom is 0.302 e. The molecule has 1 aromatic rings. The van der Waals surface area contributed by atoms with E-state index >= 15 is 0 Å². The molecule has 7 heteroatoms. The molecule has 0 radical (unpaired) electrons. The van der Waals surface area contributed by atoms with Gasteiger partial charge in [0.05, 0.1) is 0 Å². The number of nitrogens with zero attached hydrogens (tertiary/aromatic N) is 2. The molecular weight excluding hydrogens is 306 g/mol. The van der Waals surface area contributed by atoms with Crippen LogP contribution in [0, 0.1) is 6.92 Å². The number of hydrogen-bond acceptors (Lipinski definition) is 3. The minimum Gasteiger partial charge on any atom is -0.254 e. The van der Waals surface area contributed by atoms with Gasteiger partial charge in [-0.1, -0.05) is 0 Å². The monoisotopic (exact) mass is 319 g/mol. The lowest BCUT2D eigenvalue weighted by atomic mass is 10.3. The molecule has 1 N–H and O–H groups in total. The quantitative estimate of drug-likeness (QED) is 0.925. The summed E-state index contributed by atoms with van der Waals surface area (Å²) >= 11 is 3.29. The maximum absolute atomic E-state index is 12.0. The van der Waals surface area contributed by atoms with Gasteiger partial charge in [0.15, 0.2) is 0 Å². The van der Waals surface area contributed by atoms with Gasteiger partial charge in [0.1, 0.15) is 5.82 Å². The summed E-state index contributed by atoms with van der Waals surface area (Å²) in [5.41, 5.74) is 0.794. The highest BCUT2D eigenvalue weighted by atomic mass is 79.9. The average Bonchev–Trinajstić information content (AvgIpc) is 2.76. The molecule has 0 aliphatic carbocycles. The summed E-state index contributed by atoms with van der Waals surface area (Å²) in [6.45, 7) is 3.00. The first kappa shape index (κ1) is 12.8. The molecule has 1 fully saturated rings. The van der Waals surface area contributed by atoms with Gasteiger partial charge >= 0.3 is 10.2 Å². The van der Waals surface area contributed by atoms with Gasteiger partial charge in [0.2, 0.25) is 0 Å². The first-order valence-electron chi connectivity index (χ1n) is 5.39. The fourth-order valence-corrected chi connectivity index (χ4v) is 3.53. The van der Waals surface area contributed by atoms with Gasteiger partial charge in [0.25, 0.3) is 0 Å². The molecule has 1 aliphatic rings. The predicted octanol–water partition coefficient (Wildman–Crippen LogP) is 1.91. The number of halogens is 1. The Morgan fingerprint density at radius 2 is 2.06 bits per heavy atom. The zero-order valence-electron chi connectivity index (χ0n) is 9.48. The average molecular weight is 320 g/mol. The van der Waals surface area contributed by atoms with E-state index in [4.69, 9.17) is 0 Å². The number of pyridine rings is 1. The van der Waals surface area contributed by atoms with Crippen LogP contribution in [0.2, 0.25) is 0 Å². The molecule has 1 aliphatic heterocycles. The number of hydrogen-bond donors (Lipinski definition) is 1. The van der Waals surface area contributed by atoms with E-state index < -0.39 is 10.2 Å². The Morgan fingerprint density at radius 1 is 1.41 bits per heavy atom. The van der Waals surface area contributed by atoms with E-state index in [1.54, 1.807) is 6.20 Å². The first-order chi connectivity index (χ1) is 7.99. The second kappa shape index (κ2) is 4.91. The maximum atomic E-state index is 12.0. The highest BCUT2D eigenvalue weighted by Gasteiger charge is 2.25. The molecule has 0 saturated carbocycles. The lowest BCUT2D eigenvalue weighted by Gasteiger charge is -2.17. The highest BCUT2D eigenvalue weighted by molar-refractivity contribution is 9.10. The Morgan fingerprint density at radius 3 is 2.65 bits per heavy atom. The number of nitrogens with one attached hydrogen (secondary N) is 1. The molecule has 0 spiro atoms. The molecule has 17 heavy (non-hydrogen) atoms. The zero-order chi connectivity index (χ0) is 12.5. The molecule has 1 aromatic heterocycles. The van der Waals surface area contributed by atoms with Crippen molar-refractivity contribution in [3.63, 3.8) is 0 Å². The van der Waals surface area contributed by atoms with Crippen molar-refractivity contribution in [2.24, 2.45) is 0 Å². The van der Waals surface area contributed by atoms with Gasteiger partial charge in [-0.05, 0) is 47.3 Å². The van der Waals surface area contributed by atoms with Crippen molar-refractivity contribution in [2.45, 2.75) is 19.8 Å². The number of aromatic nitrogens is 1. The largest absolute Gasteiger partial charge is 0.302 e. The SMILES string of the molecule is Cc1cc(Br)cnc1NS(=O)(=O)N1CCCC1. The second-order valence-corrected chi connectivity index (χ2v) is 6.62. The Bertz CT molecular complexity index is 512. The van der Waals surface area contributed by atoms with Gasteiger partial charge in [-0.25, -0.2) is 4.98 Å². The van der Waals surface area contributed by atoms with Crippen molar-refractivity contribution in [2.75, 3.05) is 17.8 Å². The van der Waals surface area contributed by atoms with Crippen LogP contribution >= 0.6 is 15.9 Å². The van der Waals surface area contributed by atoms with Gasteiger partial charge in [-0.2, -0.15) is 12.7 Å². The van der Waals surface area contributed by atoms with Crippen molar-refractivity contribution in [1.29, 1.82) is 0 Å². The van der Waals surface area contributed by atoms with Gasteiger partial charge in [0, 0.05) is 23.8 Å². The van der Waals surface area contributed by atoms with Crippen LogP contribution in [-0.2, 0) is 10.2 Å². The third-order valence-electron chi connectivity index (χ3n) is 2.68. The first-order valence-corrected chi connectivity index (χ1v) is 7.62. The highest BCUT2D eigenvalue weighted by Crippen LogP contribution is 2.20. The fourth-order valence-electron chi connectivity index (χ4n) is 1.76. The van der Waals surface area contributed by atoms with Gasteiger partial charge < -0.3 is 0 Å². The van der Waals surface area contributed by atoms with Crippen LogP contribution in [0.25, 0.3) is 0 Å². The van der Waals surface area contributed by atoms with Crippen molar-refractivity contribution < 1.29 is 8.42 Å². The predicted molar refractivity (Wildman–Crippen MR) is 70.0 cm³/mol. The van der Waals surface area contributed by atoms with Crippen molar-refractivity contribution in [1.82, 2.24) is 9.29 Å². The van der Waals surface area contributed by atoms with E-state index in [0.717, 1.165) is 22.9 Å². The normalized spacial score (nSPS) is 17.3. The molecule has 0 amide bonds. The van der Waals surface area contributed by atoms with Crippen LogP contribution in [0.15, 0.2) is 16.7 Å². The number of rotatable bonds is 3. The minimum atomic E-state index is -3.44. The van der Waals surface area contributed by atoms with E-state index in [2.05, 4.69) is 25.6 Å². The summed E-state index contributed by atoms with van der Waals surface area (Å²) in [5.74, 6) is 0.389. The number of aryl methyl sites for hydroxylation is 1. The lowest BCUT2D eigenvalue weighted by molar-refractivity contribution is 0.482. The van der Waals surface area contributed by atoms with Gasteiger partial charge in [-0.15, -0.1) is 0 Å². The fraction of sp³-hybridized carbons (Fsp3) is 0.500. The molecular formula is C10H14BrN3O2S. The van der Waals surface area contributed by atoms with E-state index in [1.807, 2.05) is 13.0 Å². The third-order valence-corrected chi connectivity index (χ3v) is 4.61. The summed E-state index contributed by atoms with van der Waals surface area (Å²) in [6, 6.07) is 1.83. The van der Waals surface area contributed by atoms with Crippen LogP contribution in [0.1, 0.15) is 18.4 Å². The van der Waals surface area contributed by atoms with E-state index in [-0.39, 0.29) is 0 Å². The van der Waals surface area contributed by atoms with Crippen molar-refractivity contribution in [3.8, 4) is 0 Å². The molecule has 5 nitrogen and oxygen atoms in total. The standard InChI is InChI=1S/C10H14BrN3O2S/c1-8-6-9(11)7-12-10(8)13-17(15,16)14-4-2-3-5-14/h6-7H,2-5H2,1H3,(H,12,13). The Hall–Kier alpha value is -0.660. The summed E-state index contributed by atoms with van der Waals surface area (Å²) in [6.07, 6.45) is 3.43. The minimum absolute atomic E-state index is 0.389. The lowest BCUT2D eigenvalue weighted by Crippen LogP contribution is -2.33. The summed E-state index contributed by atoms with van der Waals surface area (Å²) in [4.78, 5) is 4.07. The Labute approximate surface area is 110 Å².